The van der Waals surface area contributed by atoms with E-state index >= 15 is 0 Å². The normalized spacial score (nSPS) is 11.6. The number of nitrogens with zero attached hydrogens (tertiary/aromatic N) is 4. The van der Waals surface area contributed by atoms with E-state index in [4.69, 9.17) is 4.52 Å². The summed E-state index contributed by atoms with van der Waals surface area (Å²) in [6, 6.07) is 0. The molecular formula is C11H10N4O. The molecule has 2 rings (SSSR count). The lowest BCUT2D eigenvalue weighted by Crippen LogP contribution is -1.85. The molecule has 0 atom stereocenters. The number of allylic oxidation sites excluding steroid dienone is 3. The third-order valence-electron chi connectivity index (χ3n) is 1.78. The van der Waals surface area contributed by atoms with Gasteiger partial charge in [-0.2, -0.15) is 4.98 Å². The van der Waals surface area contributed by atoms with Gasteiger partial charge in [-0.3, -0.25) is 4.98 Å². The second kappa shape index (κ2) is 4.97. The van der Waals surface area contributed by atoms with Crippen molar-refractivity contribution >= 4 is 6.08 Å². The summed E-state index contributed by atoms with van der Waals surface area (Å²) in [6.45, 7) is 1.93. The standard InChI is InChI=1S/C11H10N4O/c1-2-3-4-5-10-14-11(15-16-10)9-8-12-6-7-13-9/h2-8H,1H3. The van der Waals surface area contributed by atoms with E-state index in [2.05, 4.69) is 20.1 Å². The Hall–Kier alpha value is -2.30. The quantitative estimate of drug-likeness (QED) is 0.732. The Morgan fingerprint density at radius 3 is 2.94 bits per heavy atom. The number of hydrogen-bond donors (Lipinski definition) is 0. The monoisotopic (exact) mass is 214 g/mol. The van der Waals surface area contributed by atoms with E-state index in [0.717, 1.165) is 0 Å². The Morgan fingerprint density at radius 1 is 1.25 bits per heavy atom. The zero-order valence-corrected chi connectivity index (χ0v) is 8.74. The van der Waals surface area contributed by atoms with E-state index < -0.39 is 0 Å². The van der Waals surface area contributed by atoms with Crippen LogP contribution in [0.1, 0.15) is 12.8 Å². The maximum atomic E-state index is 5.02. The van der Waals surface area contributed by atoms with Crippen molar-refractivity contribution in [2.75, 3.05) is 0 Å². The Kier molecular flexibility index (Phi) is 3.18. The molecule has 2 heterocycles. The van der Waals surface area contributed by atoms with Gasteiger partial charge < -0.3 is 4.52 Å². The number of aromatic nitrogens is 4. The van der Waals surface area contributed by atoms with Crippen molar-refractivity contribution < 1.29 is 4.52 Å². The second-order valence-electron chi connectivity index (χ2n) is 2.93. The van der Waals surface area contributed by atoms with E-state index in [0.29, 0.717) is 17.4 Å². The summed E-state index contributed by atoms with van der Waals surface area (Å²) in [5, 5.41) is 3.80. The highest BCUT2D eigenvalue weighted by atomic mass is 16.5. The fourth-order valence-electron chi connectivity index (χ4n) is 1.07. The molecule has 0 aromatic carbocycles. The van der Waals surface area contributed by atoms with Crippen LogP contribution < -0.4 is 0 Å². The van der Waals surface area contributed by atoms with Crippen molar-refractivity contribution in [1.82, 2.24) is 20.1 Å². The molecule has 0 saturated heterocycles. The van der Waals surface area contributed by atoms with Crippen LogP contribution in [0.15, 0.2) is 41.3 Å². The molecule has 0 unspecified atom stereocenters. The van der Waals surface area contributed by atoms with Crippen LogP contribution in [0, 0.1) is 0 Å². The molecule has 0 N–H and O–H groups in total. The van der Waals surface area contributed by atoms with E-state index in [1.54, 1.807) is 24.7 Å². The number of rotatable bonds is 3. The minimum Gasteiger partial charge on any atom is -0.334 e. The maximum absolute atomic E-state index is 5.02. The fourth-order valence-corrected chi connectivity index (χ4v) is 1.07. The summed E-state index contributed by atoms with van der Waals surface area (Å²) in [5.41, 5.74) is 0.594. The summed E-state index contributed by atoms with van der Waals surface area (Å²) in [4.78, 5) is 12.2. The van der Waals surface area contributed by atoms with E-state index in [9.17, 15) is 0 Å². The van der Waals surface area contributed by atoms with Crippen LogP contribution in [0.5, 0.6) is 0 Å². The minimum absolute atomic E-state index is 0.438. The molecule has 0 spiro atoms. The predicted molar refractivity (Wildman–Crippen MR) is 59.2 cm³/mol. The first-order valence-electron chi connectivity index (χ1n) is 4.79. The van der Waals surface area contributed by atoms with Gasteiger partial charge in [-0.25, -0.2) is 4.98 Å². The average Bonchev–Trinajstić information content (AvgIpc) is 2.79. The molecule has 0 amide bonds. The molecule has 0 aliphatic heterocycles. The van der Waals surface area contributed by atoms with Gasteiger partial charge in [-0.1, -0.05) is 23.4 Å². The van der Waals surface area contributed by atoms with Crippen molar-refractivity contribution in [1.29, 1.82) is 0 Å². The van der Waals surface area contributed by atoms with Gasteiger partial charge in [-0.15, -0.1) is 0 Å². The molecule has 2 aromatic rings. The zero-order chi connectivity index (χ0) is 11.2. The first-order valence-corrected chi connectivity index (χ1v) is 4.79. The van der Waals surface area contributed by atoms with Crippen LogP contribution in [0.4, 0.5) is 0 Å². The van der Waals surface area contributed by atoms with Crippen LogP contribution in [0.3, 0.4) is 0 Å². The third kappa shape index (κ3) is 2.38. The first-order chi connectivity index (χ1) is 7.90. The second-order valence-corrected chi connectivity index (χ2v) is 2.93. The fraction of sp³-hybridized carbons (Fsp3) is 0.0909. The van der Waals surface area contributed by atoms with Gasteiger partial charge in [-0.05, 0) is 6.92 Å². The van der Waals surface area contributed by atoms with Crippen molar-refractivity contribution in [2.24, 2.45) is 0 Å². The molecule has 5 nitrogen and oxygen atoms in total. The number of hydrogen-bond acceptors (Lipinski definition) is 5. The van der Waals surface area contributed by atoms with Gasteiger partial charge >= 0.3 is 0 Å². The van der Waals surface area contributed by atoms with Crippen molar-refractivity contribution in [2.45, 2.75) is 6.92 Å². The molecule has 0 aliphatic carbocycles. The van der Waals surface area contributed by atoms with E-state index in [-0.39, 0.29) is 0 Å². The van der Waals surface area contributed by atoms with Crippen LogP contribution in [-0.2, 0) is 0 Å². The van der Waals surface area contributed by atoms with Gasteiger partial charge in [0, 0.05) is 18.5 Å². The first kappa shape index (κ1) is 10.2. The topological polar surface area (TPSA) is 64.7 Å². The van der Waals surface area contributed by atoms with Gasteiger partial charge in [0.15, 0.2) is 0 Å². The SMILES string of the molecule is CC=CC=Cc1nc(-c2cnccn2)no1. The highest BCUT2D eigenvalue weighted by molar-refractivity contribution is 5.49. The highest BCUT2D eigenvalue weighted by Crippen LogP contribution is 2.11. The summed E-state index contributed by atoms with van der Waals surface area (Å²) in [6.07, 6.45) is 12.1. The van der Waals surface area contributed by atoms with Gasteiger partial charge in [0.2, 0.25) is 5.82 Å². The van der Waals surface area contributed by atoms with Crippen molar-refractivity contribution in [3.63, 3.8) is 0 Å². The van der Waals surface area contributed by atoms with Crippen LogP contribution in [-0.4, -0.2) is 20.1 Å². The molecule has 5 heteroatoms. The van der Waals surface area contributed by atoms with Gasteiger partial charge in [0.1, 0.15) is 5.69 Å². The zero-order valence-electron chi connectivity index (χ0n) is 8.74. The average molecular weight is 214 g/mol. The summed E-state index contributed by atoms with van der Waals surface area (Å²) < 4.78 is 5.02. The smallest absolute Gasteiger partial charge is 0.250 e. The van der Waals surface area contributed by atoms with Crippen LogP contribution >= 0.6 is 0 Å². The summed E-state index contributed by atoms with van der Waals surface area (Å²) >= 11 is 0. The molecule has 0 radical (unpaired) electrons. The molecule has 0 saturated carbocycles. The summed E-state index contributed by atoms with van der Waals surface area (Å²) in [5.74, 6) is 0.881. The molecule has 80 valence electrons. The predicted octanol–water partition coefficient (Wildman–Crippen LogP) is 2.12. The maximum Gasteiger partial charge on any atom is 0.250 e. The Bertz CT molecular complexity index is 502. The molecular weight excluding hydrogens is 204 g/mol. The van der Waals surface area contributed by atoms with Gasteiger partial charge in [0.05, 0.1) is 6.20 Å². The molecule has 0 fully saturated rings. The van der Waals surface area contributed by atoms with Crippen molar-refractivity contribution in [3.05, 3.63) is 42.7 Å². The third-order valence-corrected chi connectivity index (χ3v) is 1.78. The van der Waals surface area contributed by atoms with Crippen LogP contribution in [0.25, 0.3) is 17.6 Å². The molecule has 2 aromatic heterocycles. The highest BCUT2D eigenvalue weighted by Gasteiger charge is 2.06. The Balaban J connectivity index is 2.20. The van der Waals surface area contributed by atoms with E-state index in [1.165, 1.54) is 0 Å². The molecule has 0 bridgehead atoms. The Morgan fingerprint density at radius 2 is 2.19 bits per heavy atom. The van der Waals surface area contributed by atoms with Crippen molar-refractivity contribution in [3.8, 4) is 11.5 Å². The minimum atomic E-state index is 0.438. The largest absolute Gasteiger partial charge is 0.334 e. The van der Waals surface area contributed by atoms with E-state index in [1.807, 2.05) is 25.2 Å². The summed E-state index contributed by atoms with van der Waals surface area (Å²) in [7, 11) is 0. The lowest BCUT2D eigenvalue weighted by Gasteiger charge is -1.88. The lowest BCUT2D eigenvalue weighted by atomic mass is 10.4. The molecule has 0 aliphatic rings. The van der Waals surface area contributed by atoms with Crippen LogP contribution in [0.2, 0.25) is 0 Å². The Labute approximate surface area is 92.6 Å². The molecule has 16 heavy (non-hydrogen) atoms. The lowest BCUT2D eigenvalue weighted by molar-refractivity contribution is 0.411. The van der Waals surface area contributed by atoms with Gasteiger partial charge in [0.25, 0.3) is 5.89 Å².